The summed E-state index contributed by atoms with van der Waals surface area (Å²) in [6.45, 7) is 3.05. The molecule has 0 aliphatic carbocycles. The molecule has 2 rings (SSSR count). The van der Waals surface area contributed by atoms with Crippen LogP contribution in [0.15, 0.2) is 12.3 Å². The topological polar surface area (TPSA) is 91.8 Å². The summed E-state index contributed by atoms with van der Waals surface area (Å²) in [7, 11) is 0. The van der Waals surface area contributed by atoms with Gasteiger partial charge in [-0.3, -0.25) is 4.98 Å². The highest BCUT2D eigenvalue weighted by atomic mass is 19.1. The molecule has 0 spiro atoms. The van der Waals surface area contributed by atoms with Crippen molar-refractivity contribution in [2.45, 2.75) is 25.9 Å². The zero-order valence-electron chi connectivity index (χ0n) is 13.1. The summed E-state index contributed by atoms with van der Waals surface area (Å²) in [4.78, 5) is 29.3. The number of halogens is 1. The van der Waals surface area contributed by atoms with Crippen LogP contribution >= 0.6 is 0 Å². The predicted octanol–water partition coefficient (Wildman–Crippen LogP) is 1.50. The van der Waals surface area contributed by atoms with E-state index in [2.05, 4.69) is 10.3 Å². The molecule has 2 amide bonds. The van der Waals surface area contributed by atoms with E-state index in [1.165, 1.54) is 17.2 Å². The number of urea groups is 1. The van der Waals surface area contributed by atoms with E-state index in [1.54, 1.807) is 13.8 Å². The van der Waals surface area contributed by atoms with Crippen LogP contribution in [0.1, 0.15) is 29.4 Å². The lowest BCUT2D eigenvalue weighted by Crippen LogP contribution is -2.38. The monoisotopic (exact) mass is 325 g/mol. The molecule has 0 saturated carbocycles. The Kier molecular flexibility index (Phi) is 5.15. The average molecular weight is 325 g/mol. The number of anilines is 1. The first-order valence-electron chi connectivity index (χ1n) is 7.38. The Balaban J connectivity index is 2.09. The van der Waals surface area contributed by atoms with Crippen LogP contribution in [0.2, 0.25) is 0 Å². The number of hydrogen-bond acceptors (Lipinski definition) is 5. The lowest BCUT2D eigenvalue weighted by atomic mass is 10.1. The Morgan fingerprint density at radius 2 is 2.30 bits per heavy atom. The zero-order chi connectivity index (χ0) is 17.0. The molecule has 1 saturated heterocycles. The number of hydrogen-bond donors (Lipinski definition) is 2. The van der Waals surface area contributed by atoms with Crippen LogP contribution in [-0.4, -0.2) is 59.0 Å². The van der Waals surface area contributed by atoms with Crippen LogP contribution in [0.25, 0.3) is 0 Å². The minimum atomic E-state index is -1.75. The van der Waals surface area contributed by atoms with Gasteiger partial charge in [-0.1, -0.05) is 0 Å². The number of aliphatic hydroxyl groups excluding tert-OH is 1. The maximum absolute atomic E-state index is 14.0. The van der Waals surface area contributed by atoms with Gasteiger partial charge in [0.25, 0.3) is 0 Å². The van der Waals surface area contributed by atoms with Crippen molar-refractivity contribution in [1.29, 1.82) is 0 Å². The molecule has 126 valence electrons. The van der Waals surface area contributed by atoms with E-state index in [-0.39, 0.29) is 31.7 Å². The summed E-state index contributed by atoms with van der Waals surface area (Å²) in [6, 6.07) is 0.979. The van der Waals surface area contributed by atoms with E-state index in [0.29, 0.717) is 11.4 Å². The molecule has 1 aliphatic heterocycles. The van der Waals surface area contributed by atoms with Crippen molar-refractivity contribution in [2.24, 2.45) is 0 Å². The molecule has 2 heterocycles. The summed E-state index contributed by atoms with van der Waals surface area (Å²) in [5, 5.41) is 11.6. The van der Waals surface area contributed by atoms with Crippen molar-refractivity contribution < 1.29 is 23.8 Å². The van der Waals surface area contributed by atoms with Crippen LogP contribution in [0.5, 0.6) is 0 Å². The molecule has 2 N–H and O–H groups in total. The van der Waals surface area contributed by atoms with Gasteiger partial charge in [0, 0.05) is 19.2 Å². The summed E-state index contributed by atoms with van der Waals surface area (Å²) in [5.74, 6) is -0.528. The number of carbonyl (C=O) groups excluding carboxylic acids is 2. The van der Waals surface area contributed by atoms with Gasteiger partial charge in [0.15, 0.2) is 5.67 Å². The molecule has 0 bridgehead atoms. The predicted molar refractivity (Wildman–Crippen MR) is 81.1 cm³/mol. The summed E-state index contributed by atoms with van der Waals surface area (Å²) >= 11 is 0. The summed E-state index contributed by atoms with van der Waals surface area (Å²) < 4.78 is 18.9. The van der Waals surface area contributed by atoms with Crippen molar-refractivity contribution in [1.82, 2.24) is 9.88 Å². The summed E-state index contributed by atoms with van der Waals surface area (Å²) in [6.07, 6.45) is 1.47. The highest BCUT2D eigenvalue weighted by Gasteiger charge is 2.39. The van der Waals surface area contributed by atoms with Gasteiger partial charge in [-0.2, -0.15) is 0 Å². The van der Waals surface area contributed by atoms with Gasteiger partial charge >= 0.3 is 12.0 Å². The zero-order valence-corrected chi connectivity index (χ0v) is 13.1. The third-order valence-corrected chi connectivity index (χ3v) is 3.71. The molecule has 1 aromatic rings. The number of esters is 1. The van der Waals surface area contributed by atoms with Crippen molar-refractivity contribution in [3.8, 4) is 0 Å². The fourth-order valence-corrected chi connectivity index (χ4v) is 2.32. The second kappa shape index (κ2) is 6.91. The Morgan fingerprint density at radius 1 is 1.57 bits per heavy atom. The number of aromatic nitrogens is 1. The molecule has 1 unspecified atom stereocenters. The Hall–Kier alpha value is -2.22. The molecule has 1 aliphatic rings. The van der Waals surface area contributed by atoms with Gasteiger partial charge in [-0.25, -0.2) is 14.0 Å². The van der Waals surface area contributed by atoms with E-state index in [9.17, 15) is 14.0 Å². The van der Waals surface area contributed by atoms with Gasteiger partial charge < -0.3 is 20.1 Å². The first-order valence-corrected chi connectivity index (χ1v) is 7.38. The van der Waals surface area contributed by atoms with E-state index in [0.717, 1.165) is 0 Å². The molecule has 8 heteroatoms. The highest BCUT2D eigenvalue weighted by Crippen LogP contribution is 2.26. The van der Waals surface area contributed by atoms with Crippen LogP contribution in [-0.2, 0) is 4.74 Å². The standard InChI is InChI=1S/C15H20FN3O4/c1-3-23-13(21)11-6-12(10(2)17-7-11)18-14(22)19-5-4-15(16,8-19)9-20/h6-7,20H,3-5,8-9H2,1-2H3,(H,18,22). The minimum absolute atomic E-state index is 0.0943. The van der Waals surface area contributed by atoms with Gasteiger partial charge in [-0.15, -0.1) is 0 Å². The van der Waals surface area contributed by atoms with Crippen molar-refractivity contribution >= 4 is 17.7 Å². The third kappa shape index (κ3) is 3.95. The highest BCUT2D eigenvalue weighted by molar-refractivity contribution is 5.94. The Bertz CT molecular complexity index is 610. The SMILES string of the molecule is CCOC(=O)c1cnc(C)c(NC(=O)N2CCC(F)(CO)C2)c1. The van der Waals surface area contributed by atoms with Gasteiger partial charge in [0.1, 0.15) is 0 Å². The molecular weight excluding hydrogens is 305 g/mol. The van der Waals surface area contributed by atoms with E-state index in [1.807, 2.05) is 0 Å². The van der Waals surface area contributed by atoms with Crippen molar-refractivity contribution in [3.05, 3.63) is 23.5 Å². The number of likely N-dealkylation sites (tertiary alicyclic amines) is 1. The first kappa shape index (κ1) is 17.1. The molecule has 1 atom stereocenters. The molecule has 1 fully saturated rings. The fraction of sp³-hybridized carbons (Fsp3) is 0.533. The lowest BCUT2D eigenvalue weighted by Gasteiger charge is -2.20. The first-order chi connectivity index (χ1) is 10.9. The average Bonchev–Trinajstić information content (AvgIpc) is 2.93. The fourth-order valence-electron chi connectivity index (χ4n) is 2.32. The van der Waals surface area contributed by atoms with Crippen molar-refractivity contribution in [3.63, 3.8) is 0 Å². The molecule has 1 aromatic heterocycles. The number of ether oxygens (including phenoxy) is 1. The number of rotatable bonds is 4. The lowest BCUT2D eigenvalue weighted by molar-refractivity contribution is 0.0526. The number of aryl methyl sites for hydroxylation is 1. The van der Waals surface area contributed by atoms with Crippen LogP contribution in [0.4, 0.5) is 14.9 Å². The van der Waals surface area contributed by atoms with Gasteiger partial charge in [-0.05, 0) is 19.9 Å². The van der Waals surface area contributed by atoms with Crippen LogP contribution in [0, 0.1) is 6.92 Å². The van der Waals surface area contributed by atoms with E-state index < -0.39 is 24.3 Å². The van der Waals surface area contributed by atoms with Gasteiger partial charge in [0.2, 0.25) is 0 Å². The van der Waals surface area contributed by atoms with E-state index >= 15 is 0 Å². The maximum Gasteiger partial charge on any atom is 0.339 e. The maximum atomic E-state index is 14.0. The molecule has 0 radical (unpaired) electrons. The van der Waals surface area contributed by atoms with Gasteiger partial charge in [0.05, 0.1) is 36.7 Å². The number of nitrogens with zero attached hydrogens (tertiary/aromatic N) is 2. The summed E-state index contributed by atoms with van der Waals surface area (Å²) in [5.41, 5.74) is -0.637. The third-order valence-electron chi connectivity index (χ3n) is 3.71. The Morgan fingerprint density at radius 3 is 2.91 bits per heavy atom. The number of aliphatic hydroxyl groups is 1. The minimum Gasteiger partial charge on any atom is -0.462 e. The van der Waals surface area contributed by atoms with E-state index in [4.69, 9.17) is 9.84 Å². The molecule has 23 heavy (non-hydrogen) atoms. The Labute approximate surface area is 133 Å². The number of amides is 2. The largest absolute Gasteiger partial charge is 0.462 e. The molecule has 0 aromatic carbocycles. The normalized spacial score (nSPS) is 20.4. The van der Waals surface area contributed by atoms with Crippen LogP contribution in [0.3, 0.4) is 0 Å². The number of alkyl halides is 1. The second-order valence-corrected chi connectivity index (χ2v) is 5.49. The molecule has 7 nitrogen and oxygen atoms in total. The number of pyridine rings is 1. The quantitative estimate of drug-likeness (QED) is 0.819. The van der Waals surface area contributed by atoms with Crippen LogP contribution < -0.4 is 5.32 Å². The number of carbonyl (C=O) groups is 2. The number of nitrogens with one attached hydrogen (secondary N) is 1. The molecular formula is C15H20FN3O4. The smallest absolute Gasteiger partial charge is 0.339 e. The second-order valence-electron chi connectivity index (χ2n) is 5.49. The van der Waals surface area contributed by atoms with Crippen molar-refractivity contribution in [2.75, 3.05) is 31.6 Å².